The molecule has 0 saturated carbocycles. The molecule has 0 N–H and O–H groups in total. The number of nitriles is 1. The predicted molar refractivity (Wildman–Crippen MR) is 50.0 cm³/mol. The van der Waals surface area contributed by atoms with Crippen LogP contribution in [0.3, 0.4) is 0 Å². The number of hydrogen-bond donors (Lipinski definition) is 0. The molecule has 68 valence electrons. The van der Waals surface area contributed by atoms with Crippen molar-refractivity contribution in [2.45, 2.75) is 19.2 Å². The zero-order valence-electron chi connectivity index (χ0n) is 7.63. The highest BCUT2D eigenvalue weighted by molar-refractivity contribution is 6.22. The van der Waals surface area contributed by atoms with Gasteiger partial charge in [-0.1, -0.05) is 13.8 Å². The first-order chi connectivity index (χ1) is 5.63. The molecule has 0 aromatic carbocycles. The van der Waals surface area contributed by atoms with Crippen molar-refractivity contribution < 1.29 is 0 Å². The fraction of sp³-hybridized carbons (Fsp3) is 0.889. The van der Waals surface area contributed by atoms with Crippen LogP contribution in [0.15, 0.2) is 0 Å². The third-order valence-electron chi connectivity index (χ3n) is 2.62. The van der Waals surface area contributed by atoms with Gasteiger partial charge in [-0.15, -0.1) is 11.6 Å². The standard InChI is InChI=1S/C9H15ClN2/c1-7-4-12(5-8(7)2)6-9(10)3-11/h7-9H,4-6H2,1-2H3. The van der Waals surface area contributed by atoms with Gasteiger partial charge in [0.2, 0.25) is 0 Å². The van der Waals surface area contributed by atoms with E-state index in [2.05, 4.69) is 18.7 Å². The highest BCUT2D eigenvalue weighted by atomic mass is 35.5. The van der Waals surface area contributed by atoms with Gasteiger partial charge < -0.3 is 4.90 Å². The summed E-state index contributed by atoms with van der Waals surface area (Å²) in [6, 6.07) is 2.05. The van der Waals surface area contributed by atoms with Gasteiger partial charge in [0, 0.05) is 19.6 Å². The van der Waals surface area contributed by atoms with Crippen molar-refractivity contribution in [2.24, 2.45) is 11.8 Å². The van der Waals surface area contributed by atoms with Gasteiger partial charge in [0.15, 0.2) is 0 Å². The molecular formula is C9H15ClN2. The van der Waals surface area contributed by atoms with Crippen LogP contribution in [0.25, 0.3) is 0 Å². The zero-order chi connectivity index (χ0) is 9.14. The number of likely N-dealkylation sites (tertiary alicyclic amines) is 1. The van der Waals surface area contributed by atoms with E-state index in [1.807, 2.05) is 6.07 Å². The Morgan fingerprint density at radius 3 is 2.42 bits per heavy atom. The Morgan fingerprint density at radius 1 is 1.50 bits per heavy atom. The Labute approximate surface area is 79.1 Å². The van der Waals surface area contributed by atoms with Crippen LogP contribution in [0.5, 0.6) is 0 Å². The molecule has 0 aromatic heterocycles. The molecule has 1 aliphatic heterocycles. The van der Waals surface area contributed by atoms with Crippen LogP contribution in [-0.2, 0) is 0 Å². The van der Waals surface area contributed by atoms with Crippen molar-refractivity contribution in [1.29, 1.82) is 5.26 Å². The van der Waals surface area contributed by atoms with E-state index in [0.717, 1.165) is 24.9 Å². The molecule has 0 aromatic rings. The van der Waals surface area contributed by atoms with E-state index in [1.165, 1.54) is 0 Å². The topological polar surface area (TPSA) is 27.0 Å². The molecule has 0 spiro atoms. The highest BCUT2D eigenvalue weighted by Crippen LogP contribution is 2.22. The van der Waals surface area contributed by atoms with Crippen LogP contribution in [0.2, 0.25) is 0 Å². The molecular weight excluding hydrogens is 172 g/mol. The normalized spacial score (nSPS) is 33.2. The molecule has 1 heterocycles. The number of alkyl halides is 1. The Hall–Kier alpha value is -0.260. The van der Waals surface area contributed by atoms with Crippen LogP contribution in [0.1, 0.15) is 13.8 Å². The minimum atomic E-state index is -0.345. The number of nitrogens with zero attached hydrogens (tertiary/aromatic N) is 2. The summed E-state index contributed by atoms with van der Waals surface area (Å²) in [5.74, 6) is 1.49. The van der Waals surface area contributed by atoms with E-state index in [-0.39, 0.29) is 5.38 Å². The average Bonchev–Trinajstić information content (AvgIpc) is 2.31. The van der Waals surface area contributed by atoms with Gasteiger partial charge >= 0.3 is 0 Å². The van der Waals surface area contributed by atoms with Crippen LogP contribution in [0.4, 0.5) is 0 Å². The SMILES string of the molecule is CC1CN(CC(Cl)C#N)CC1C. The first kappa shape index (κ1) is 9.83. The van der Waals surface area contributed by atoms with Crippen LogP contribution < -0.4 is 0 Å². The van der Waals surface area contributed by atoms with E-state index >= 15 is 0 Å². The summed E-state index contributed by atoms with van der Waals surface area (Å²) in [7, 11) is 0. The van der Waals surface area contributed by atoms with Gasteiger partial charge in [0.25, 0.3) is 0 Å². The predicted octanol–water partition coefficient (Wildman–Crippen LogP) is 1.71. The smallest absolute Gasteiger partial charge is 0.133 e. The van der Waals surface area contributed by atoms with Crippen LogP contribution in [-0.4, -0.2) is 29.9 Å². The Balaban J connectivity index is 2.33. The van der Waals surface area contributed by atoms with Crippen molar-refractivity contribution in [1.82, 2.24) is 4.90 Å². The fourth-order valence-electron chi connectivity index (χ4n) is 1.67. The van der Waals surface area contributed by atoms with Gasteiger partial charge in [-0.05, 0) is 11.8 Å². The van der Waals surface area contributed by atoms with Gasteiger partial charge in [-0.25, -0.2) is 0 Å². The summed E-state index contributed by atoms with van der Waals surface area (Å²) in [6.07, 6.45) is 0. The number of rotatable bonds is 2. The van der Waals surface area contributed by atoms with E-state index in [0.29, 0.717) is 6.54 Å². The Bertz CT molecular complexity index is 177. The second kappa shape index (κ2) is 4.11. The third-order valence-corrected chi connectivity index (χ3v) is 2.86. The molecule has 1 fully saturated rings. The second-order valence-corrected chi connectivity index (χ2v) is 4.30. The number of hydrogen-bond acceptors (Lipinski definition) is 2. The molecule has 0 radical (unpaired) electrons. The quantitative estimate of drug-likeness (QED) is 0.614. The van der Waals surface area contributed by atoms with Crippen molar-refractivity contribution >= 4 is 11.6 Å². The third kappa shape index (κ3) is 2.36. The van der Waals surface area contributed by atoms with Crippen LogP contribution in [0, 0.1) is 23.2 Å². The lowest BCUT2D eigenvalue weighted by molar-refractivity contribution is 0.334. The lowest BCUT2D eigenvalue weighted by atomic mass is 10.0. The maximum Gasteiger partial charge on any atom is 0.133 e. The zero-order valence-corrected chi connectivity index (χ0v) is 8.38. The monoisotopic (exact) mass is 186 g/mol. The van der Waals surface area contributed by atoms with E-state index in [4.69, 9.17) is 16.9 Å². The van der Waals surface area contributed by atoms with Gasteiger partial charge in [0.1, 0.15) is 5.38 Å². The second-order valence-electron chi connectivity index (χ2n) is 3.77. The molecule has 1 saturated heterocycles. The molecule has 0 bridgehead atoms. The first-order valence-electron chi connectivity index (χ1n) is 4.39. The molecule has 0 amide bonds. The molecule has 3 heteroatoms. The summed E-state index contributed by atoms with van der Waals surface area (Å²) in [5, 5.41) is 8.17. The lowest BCUT2D eigenvalue weighted by Gasteiger charge is -2.14. The van der Waals surface area contributed by atoms with Crippen LogP contribution >= 0.6 is 11.6 Å². The van der Waals surface area contributed by atoms with Crippen molar-refractivity contribution in [3.8, 4) is 6.07 Å². The van der Waals surface area contributed by atoms with E-state index in [9.17, 15) is 0 Å². The lowest BCUT2D eigenvalue weighted by Crippen LogP contribution is -2.27. The Kier molecular flexibility index (Phi) is 3.37. The van der Waals surface area contributed by atoms with Crippen molar-refractivity contribution in [3.05, 3.63) is 0 Å². The summed E-state index contributed by atoms with van der Waals surface area (Å²) < 4.78 is 0. The van der Waals surface area contributed by atoms with E-state index < -0.39 is 0 Å². The summed E-state index contributed by atoms with van der Waals surface area (Å²) in [5.41, 5.74) is 0. The minimum Gasteiger partial charge on any atom is -0.300 e. The summed E-state index contributed by atoms with van der Waals surface area (Å²) in [6.45, 7) is 7.39. The first-order valence-corrected chi connectivity index (χ1v) is 4.83. The Morgan fingerprint density at radius 2 is 2.00 bits per heavy atom. The average molecular weight is 187 g/mol. The largest absolute Gasteiger partial charge is 0.300 e. The highest BCUT2D eigenvalue weighted by Gasteiger charge is 2.26. The molecule has 3 atom stereocenters. The molecule has 1 aliphatic rings. The maximum absolute atomic E-state index is 8.52. The molecule has 3 unspecified atom stereocenters. The van der Waals surface area contributed by atoms with Crippen molar-refractivity contribution in [2.75, 3.05) is 19.6 Å². The summed E-state index contributed by atoms with van der Waals surface area (Å²) >= 11 is 5.74. The van der Waals surface area contributed by atoms with Gasteiger partial charge in [-0.2, -0.15) is 5.26 Å². The maximum atomic E-state index is 8.52. The summed E-state index contributed by atoms with van der Waals surface area (Å²) in [4.78, 5) is 2.27. The number of halogens is 1. The molecule has 2 nitrogen and oxygen atoms in total. The van der Waals surface area contributed by atoms with Crippen molar-refractivity contribution in [3.63, 3.8) is 0 Å². The molecule has 1 rings (SSSR count). The molecule has 12 heavy (non-hydrogen) atoms. The molecule has 0 aliphatic carbocycles. The van der Waals surface area contributed by atoms with Gasteiger partial charge in [-0.3, -0.25) is 0 Å². The minimum absolute atomic E-state index is 0.345. The fourth-order valence-corrected chi connectivity index (χ4v) is 1.86. The van der Waals surface area contributed by atoms with E-state index in [1.54, 1.807) is 0 Å². The van der Waals surface area contributed by atoms with Gasteiger partial charge in [0.05, 0.1) is 6.07 Å².